The van der Waals surface area contributed by atoms with E-state index in [9.17, 15) is 8.42 Å². The van der Waals surface area contributed by atoms with Gasteiger partial charge in [-0.25, -0.2) is 13.4 Å². The van der Waals surface area contributed by atoms with E-state index in [1.807, 2.05) is 0 Å². The molecule has 0 unspecified atom stereocenters. The van der Waals surface area contributed by atoms with Crippen LogP contribution in [0.15, 0.2) is 41.1 Å². The van der Waals surface area contributed by atoms with Gasteiger partial charge in [0.1, 0.15) is 6.26 Å². The van der Waals surface area contributed by atoms with Crippen LogP contribution in [0.5, 0.6) is 0 Å². The van der Waals surface area contributed by atoms with Gasteiger partial charge in [0.25, 0.3) is 0 Å². The largest absolute Gasteiger partial charge is 0.445 e. The second kappa shape index (κ2) is 4.27. The first-order chi connectivity index (χ1) is 7.54. The van der Waals surface area contributed by atoms with E-state index in [4.69, 9.17) is 15.1 Å². The highest BCUT2D eigenvalue weighted by molar-refractivity contribution is 8.13. The highest BCUT2D eigenvalue weighted by Gasteiger charge is 2.08. The molecule has 0 N–H and O–H groups in total. The van der Waals surface area contributed by atoms with Crippen LogP contribution in [0.4, 0.5) is 0 Å². The molecule has 0 spiro atoms. The molecule has 0 atom stereocenters. The summed E-state index contributed by atoms with van der Waals surface area (Å²) >= 11 is 0. The molecule has 2 aromatic rings. The van der Waals surface area contributed by atoms with Crippen LogP contribution in [0.3, 0.4) is 0 Å². The highest BCUT2D eigenvalue weighted by atomic mass is 35.7. The molecule has 0 aliphatic rings. The number of nitrogens with zero attached hydrogens (tertiary/aromatic N) is 1. The van der Waals surface area contributed by atoms with Crippen LogP contribution in [0, 0.1) is 0 Å². The Bertz CT molecular complexity index is 561. The van der Waals surface area contributed by atoms with Gasteiger partial charge in [0, 0.05) is 16.2 Å². The third-order valence-corrected chi connectivity index (χ3v) is 2.98. The summed E-state index contributed by atoms with van der Waals surface area (Å²) in [7, 11) is 1.64. The predicted molar refractivity (Wildman–Crippen MR) is 60.4 cm³/mol. The Morgan fingerprint density at radius 2 is 1.94 bits per heavy atom. The molecule has 6 heteroatoms. The SMILES string of the molecule is O=S(=O)(Cl)Cc1ccc(-c2ncco2)cc1. The van der Waals surface area contributed by atoms with Gasteiger partial charge in [0.05, 0.1) is 11.9 Å². The summed E-state index contributed by atoms with van der Waals surface area (Å²) in [6.07, 6.45) is 3.03. The lowest BCUT2D eigenvalue weighted by Gasteiger charge is -1.99. The average molecular weight is 258 g/mol. The fourth-order valence-corrected chi connectivity index (χ4v) is 2.28. The van der Waals surface area contributed by atoms with Gasteiger partial charge in [-0.05, 0) is 17.7 Å². The molecule has 1 aromatic heterocycles. The number of rotatable bonds is 3. The van der Waals surface area contributed by atoms with Crippen molar-refractivity contribution < 1.29 is 12.8 Å². The smallest absolute Gasteiger partial charge is 0.236 e. The number of aromatic nitrogens is 1. The molecule has 0 bridgehead atoms. The van der Waals surface area contributed by atoms with Crippen molar-refractivity contribution in [3.63, 3.8) is 0 Å². The van der Waals surface area contributed by atoms with Crippen molar-refractivity contribution in [3.8, 4) is 11.5 Å². The number of hydrogen-bond donors (Lipinski definition) is 0. The molecule has 0 fully saturated rings. The zero-order chi connectivity index (χ0) is 11.6. The summed E-state index contributed by atoms with van der Waals surface area (Å²) in [6.45, 7) is 0. The monoisotopic (exact) mass is 257 g/mol. The lowest BCUT2D eigenvalue weighted by atomic mass is 10.1. The Labute approximate surface area is 97.3 Å². The molecule has 4 nitrogen and oxygen atoms in total. The first kappa shape index (κ1) is 11.2. The van der Waals surface area contributed by atoms with Crippen LogP contribution in [0.1, 0.15) is 5.56 Å². The first-order valence-electron chi connectivity index (χ1n) is 4.46. The van der Waals surface area contributed by atoms with Crippen molar-refractivity contribution in [3.05, 3.63) is 42.3 Å². The molecule has 0 aliphatic heterocycles. The van der Waals surface area contributed by atoms with E-state index in [-0.39, 0.29) is 5.75 Å². The van der Waals surface area contributed by atoms with Gasteiger partial charge in [0.2, 0.25) is 14.9 Å². The Morgan fingerprint density at radius 3 is 2.44 bits per heavy atom. The molecule has 0 saturated carbocycles. The molecule has 2 rings (SSSR count). The third kappa shape index (κ3) is 2.84. The molecular weight excluding hydrogens is 250 g/mol. The van der Waals surface area contributed by atoms with Gasteiger partial charge in [-0.15, -0.1) is 0 Å². The maximum atomic E-state index is 10.8. The number of hydrogen-bond acceptors (Lipinski definition) is 4. The molecule has 0 amide bonds. The van der Waals surface area contributed by atoms with E-state index in [0.717, 1.165) is 5.56 Å². The van der Waals surface area contributed by atoms with Crippen molar-refractivity contribution in [1.82, 2.24) is 4.98 Å². The quantitative estimate of drug-likeness (QED) is 0.793. The van der Waals surface area contributed by atoms with Gasteiger partial charge >= 0.3 is 0 Å². The maximum absolute atomic E-state index is 10.8. The summed E-state index contributed by atoms with van der Waals surface area (Å²) in [5.41, 5.74) is 1.42. The normalized spacial score (nSPS) is 11.6. The average Bonchev–Trinajstić information content (AvgIpc) is 2.69. The van der Waals surface area contributed by atoms with Gasteiger partial charge in [-0.3, -0.25) is 0 Å². The maximum Gasteiger partial charge on any atom is 0.236 e. The van der Waals surface area contributed by atoms with Crippen LogP contribution >= 0.6 is 10.7 Å². The van der Waals surface area contributed by atoms with Crippen LogP contribution in [-0.2, 0) is 14.8 Å². The zero-order valence-electron chi connectivity index (χ0n) is 8.13. The molecule has 1 heterocycles. The topological polar surface area (TPSA) is 60.2 Å². The number of halogens is 1. The fourth-order valence-electron chi connectivity index (χ4n) is 1.31. The van der Waals surface area contributed by atoms with Crippen molar-refractivity contribution in [2.24, 2.45) is 0 Å². The van der Waals surface area contributed by atoms with Crippen LogP contribution in [0.2, 0.25) is 0 Å². The summed E-state index contributed by atoms with van der Waals surface area (Å²) in [5.74, 6) is 0.320. The van der Waals surface area contributed by atoms with E-state index in [1.54, 1.807) is 30.5 Å². The molecule has 84 valence electrons. The van der Waals surface area contributed by atoms with Crippen molar-refractivity contribution in [2.75, 3.05) is 0 Å². The third-order valence-electron chi connectivity index (χ3n) is 1.97. The van der Waals surface area contributed by atoms with Gasteiger partial charge in [-0.2, -0.15) is 0 Å². The Hall–Kier alpha value is -1.33. The number of oxazole rings is 1. The van der Waals surface area contributed by atoms with Crippen LogP contribution in [0.25, 0.3) is 11.5 Å². The minimum absolute atomic E-state index is 0.180. The van der Waals surface area contributed by atoms with E-state index < -0.39 is 9.05 Å². The molecule has 0 saturated heterocycles. The van der Waals surface area contributed by atoms with Crippen molar-refractivity contribution >= 4 is 19.7 Å². The standard InChI is InChI=1S/C10H8ClNO3S/c11-16(13,14)7-8-1-3-9(4-2-8)10-12-5-6-15-10/h1-6H,7H2. The minimum atomic E-state index is -3.51. The highest BCUT2D eigenvalue weighted by Crippen LogP contribution is 2.18. The van der Waals surface area contributed by atoms with Gasteiger partial charge < -0.3 is 4.42 Å². The molecule has 0 radical (unpaired) electrons. The Kier molecular flexibility index (Phi) is 2.98. The van der Waals surface area contributed by atoms with Crippen molar-refractivity contribution in [1.29, 1.82) is 0 Å². The second-order valence-electron chi connectivity index (χ2n) is 3.22. The molecule has 0 aliphatic carbocycles. The molecule has 1 aromatic carbocycles. The lowest BCUT2D eigenvalue weighted by Crippen LogP contribution is -1.94. The van der Waals surface area contributed by atoms with E-state index >= 15 is 0 Å². The number of benzene rings is 1. The zero-order valence-corrected chi connectivity index (χ0v) is 9.70. The Morgan fingerprint density at radius 1 is 1.25 bits per heavy atom. The van der Waals surface area contributed by atoms with E-state index in [2.05, 4.69) is 4.98 Å². The van der Waals surface area contributed by atoms with Gasteiger partial charge in [-0.1, -0.05) is 12.1 Å². The summed E-state index contributed by atoms with van der Waals surface area (Å²) in [5, 5.41) is 0. The van der Waals surface area contributed by atoms with Crippen LogP contribution < -0.4 is 0 Å². The van der Waals surface area contributed by atoms with Crippen LogP contribution in [-0.4, -0.2) is 13.4 Å². The molecule has 16 heavy (non-hydrogen) atoms. The van der Waals surface area contributed by atoms with E-state index in [1.165, 1.54) is 6.26 Å². The fraction of sp³-hybridized carbons (Fsp3) is 0.100. The predicted octanol–water partition coefficient (Wildman–Crippen LogP) is 2.41. The first-order valence-corrected chi connectivity index (χ1v) is 6.93. The lowest BCUT2D eigenvalue weighted by molar-refractivity contribution is 0.574. The van der Waals surface area contributed by atoms with E-state index in [0.29, 0.717) is 11.5 Å². The van der Waals surface area contributed by atoms with Crippen molar-refractivity contribution in [2.45, 2.75) is 5.75 Å². The minimum Gasteiger partial charge on any atom is -0.445 e. The Balaban J connectivity index is 2.24. The summed E-state index contributed by atoms with van der Waals surface area (Å²) in [6, 6.07) is 6.84. The summed E-state index contributed by atoms with van der Waals surface area (Å²) in [4.78, 5) is 3.98. The van der Waals surface area contributed by atoms with Gasteiger partial charge in [0.15, 0.2) is 0 Å². The molecular formula is C10H8ClNO3S. The second-order valence-corrected chi connectivity index (χ2v) is 5.99. The summed E-state index contributed by atoms with van der Waals surface area (Å²) < 4.78 is 26.8.